The number of nitrogens with zero attached hydrogens (tertiary/aromatic N) is 1. The summed E-state index contributed by atoms with van der Waals surface area (Å²) in [6, 6.07) is 17.3. The lowest BCUT2D eigenvalue weighted by atomic mass is 9.94. The van der Waals surface area contributed by atoms with Gasteiger partial charge in [0.05, 0.1) is 18.7 Å². The third-order valence-corrected chi connectivity index (χ3v) is 6.69. The van der Waals surface area contributed by atoms with Crippen LogP contribution >= 0.6 is 11.6 Å². The number of methoxy groups -OCH3 is 1. The molecule has 7 nitrogen and oxygen atoms in total. The maximum atomic E-state index is 13.8. The molecule has 8 heteroatoms. The first-order valence-electron chi connectivity index (χ1n) is 11.7. The Morgan fingerprint density at radius 1 is 1.05 bits per heavy atom. The van der Waals surface area contributed by atoms with Crippen molar-refractivity contribution < 1.29 is 29.0 Å². The van der Waals surface area contributed by atoms with Crippen LogP contribution in [-0.4, -0.2) is 29.0 Å². The normalized spacial score (nSPS) is 15.8. The molecule has 1 atom stereocenters. The third-order valence-electron chi connectivity index (χ3n) is 6.47. The highest BCUT2D eigenvalue weighted by Gasteiger charge is 2.45. The number of halogens is 1. The van der Waals surface area contributed by atoms with Crippen molar-refractivity contribution in [1.29, 1.82) is 0 Å². The standard InChI is InChI=1S/C29H24ClNO6/c1-15(2)16-7-9-20(10-8-16)31-25(17-5-4-6-21(32)12-17)24(27(34)29(31)35)26(33)22-13-18-11-19(30)14-23(36-3)28(18)37-22/h4-15,25,32,34H,1-3H3. The molecule has 37 heavy (non-hydrogen) atoms. The number of anilines is 1. The summed E-state index contributed by atoms with van der Waals surface area (Å²) in [4.78, 5) is 28.6. The molecule has 4 aromatic rings. The average molecular weight is 518 g/mol. The SMILES string of the molecule is COc1cc(Cl)cc2cc(C(=O)C3=C(O)C(=O)N(c4ccc(C(C)C)cc4)C3c3cccc(O)c3)oc12. The molecule has 2 N–H and O–H groups in total. The van der Waals surface area contributed by atoms with Gasteiger partial charge in [0.2, 0.25) is 5.78 Å². The monoisotopic (exact) mass is 517 g/mol. The first-order chi connectivity index (χ1) is 17.7. The zero-order valence-corrected chi connectivity index (χ0v) is 21.1. The van der Waals surface area contributed by atoms with Crippen molar-refractivity contribution in [2.24, 2.45) is 0 Å². The van der Waals surface area contributed by atoms with E-state index in [-0.39, 0.29) is 23.0 Å². The third kappa shape index (κ3) is 4.21. The van der Waals surface area contributed by atoms with Gasteiger partial charge in [0.25, 0.3) is 5.91 Å². The number of carbonyl (C=O) groups excluding carboxylic acids is 2. The summed E-state index contributed by atoms with van der Waals surface area (Å²) in [7, 11) is 1.46. The Morgan fingerprint density at radius 3 is 2.43 bits per heavy atom. The Kier molecular flexibility index (Phi) is 6.17. The number of phenols is 1. The lowest BCUT2D eigenvalue weighted by Crippen LogP contribution is -2.31. The van der Waals surface area contributed by atoms with Crippen molar-refractivity contribution in [3.63, 3.8) is 0 Å². The average Bonchev–Trinajstić information content (AvgIpc) is 3.42. The number of carbonyl (C=O) groups is 2. The zero-order valence-electron chi connectivity index (χ0n) is 20.4. The van der Waals surface area contributed by atoms with Crippen LogP contribution in [0.4, 0.5) is 5.69 Å². The van der Waals surface area contributed by atoms with E-state index in [9.17, 15) is 19.8 Å². The fourth-order valence-electron chi connectivity index (χ4n) is 4.62. The quantitative estimate of drug-likeness (QED) is 0.276. The number of Topliss-reactive ketones (excluding diaryl/α,β-unsaturated/α-hetero) is 1. The number of aromatic hydroxyl groups is 1. The van der Waals surface area contributed by atoms with Gasteiger partial charge in [-0.25, -0.2) is 0 Å². The number of aliphatic hydroxyl groups is 1. The van der Waals surface area contributed by atoms with Gasteiger partial charge in [-0.3, -0.25) is 14.5 Å². The molecule has 0 saturated heterocycles. The lowest BCUT2D eigenvalue weighted by molar-refractivity contribution is -0.117. The first kappa shape index (κ1) is 24.5. The number of amides is 1. The Morgan fingerprint density at radius 2 is 1.78 bits per heavy atom. The van der Waals surface area contributed by atoms with Crippen LogP contribution in [0.2, 0.25) is 5.02 Å². The number of fused-ring (bicyclic) bond motifs is 1. The molecule has 188 valence electrons. The number of aliphatic hydroxyl groups excluding tert-OH is 1. The minimum Gasteiger partial charge on any atom is -0.508 e. The molecule has 3 aromatic carbocycles. The largest absolute Gasteiger partial charge is 0.508 e. The highest BCUT2D eigenvalue weighted by atomic mass is 35.5. The van der Waals surface area contributed by atoms with Gasteiger partial charge in [0.15, 0.2) is 22.9 Å². The highest BCUT2D eigenvalue weighted by molar-refractivity contribution is 6.31. The molecule has 5 rings (SSSR count). The molecule has 0 aliphatic carbocycles. The molecule has 1 aromatic heterocycles. The van der Waals surface area contributed by atoms with Crippen LogP contribution < -0.4 is 9.64 Å². The smallest absolute Gasteiger partial charge is 0.294 e. The molecule has 0 fully saturated rings. The second-order valence-electron chi connectivity index (χ2n) is 9.15. The minimum atomic E-state index is -1.00. The summed E-state index contributed by atoms with van der Waals surface area (Å²) in [6.07, 6.45) is 0. The maximum absolute atomic E-state index is 13.8. The number of ketones is 1. The molecular formula is C29H24ClNO6. The van der Waals surface area contributed by atoms with Crippen LogP contribution in [0.3, 0.4) is 0 Å². The Hall–Kier alpha value is -4.23. The van der Waals surface area contributed by atoms with Crippen molar-refractivity contribution in [3.05, 3.63) is 100.0 Å². The minimum absolute atomic E-state index is 0.0404. The molecule has 1 aliphatic heterocycles. The second-order valence-corrected chi connectivity index (χ2v) is 9.58. The van der Waals surface area contributed by atoms with Gasteiger partial charge < -0.3 is 19.4 Å². The predicted molar refractivity (Wildman–Crippen MR) is 141 cm³/mol. The number of rotatable bonds is 6. The van der Waals surface area contributed by atoms with E-state index < -0.39 is 23.5 Å². The summed E-state index contributed by atoms with van der Waals surface area (Å²) in [5.41, 5.74) is 2.18. The topological polar surface area (TPSA) is 100 Å². The van der Waals surface area contributed by atoms with Gasteiger partial charge in [-0.15, -0.1) is 0 Å². The number of phenolic OH excluding ortho intramolecular Hbond substituents is 1. The number of ether oxygens (including phenoxy) is 1. The summed E-state index contributed by atoms with van der Waals surface area (Å²) < 4.78 is 11.2. The molecule has 0 saturated carbocycles. The van der Waals surface area contributed by atoms with Crippen molar-refractivity contribution in [1.82, 2.24) is 0 Å². The van der Waals surface area contributed by atoms with Crippen LogP contribution in [0.1, 0.15) is 47.5 Å². The Labute approximate surface area is 218 Å². The summed E-state index contributed by atoms with van der Waals surface area (Å²) in [5, 5.41) is 22.1. The molecule has 1 aliphatic rings. The van der Waals surface area contributed by atoms with E-state index in [4.69, 9.17) is 20.8 Å². The summed E-state index contributed by atoms with van der Waals surface area (Å²) >= 11 is 6.17. The molecule has 1 unspecified atom stereocenters. The van der Waals surface area contributed by atoms with Gasteiger partial charge in [0.1, 0.15) is 5.75 Å². The second kappa shape index (κ2) is 9.33. The zero-order chi connectivity index (χ0) is 26.4. The molecule has 0 radical (unpaired) electrons. The van der Waals surface area contributed by atoms with E-state index in [0.717, 1.165) is 5.56 Å². The molecule has 0 spiro atoms. The van der Waals surface area contributed by atoms with Crippen molar-refractivity contribution in [2.75, 3.05) is 12.0 Å². The van der Waals surface area contributed by atoms with Crippen LogP contribution in [0, 0.1) is 0 Å². The predicted octanol–water partition coefficient (Wildman–Crippen LogP) is 6.71. The van der Waals surface area contributed by atoms with Crippen LogP contribution in [0.25, 0.3) is 11.0 Å². The van der Waals surface area contributed by atoms with E-state index >= 15 is 0 Å². The molecule has 0 bridgehead atoms. The number of benzene rings is 3. The summed E-state index contributed by atoms with van der Waals surface area (Å²) in [5.74, 6) is -1.59. The van der Waals surface area contributed by atoms with Gasteiger partial charge in [-0.05, 0) is 53.4 Å². The van der Waals surface area contributed by atoms with Crippen LogP contribution in [0.5, 0.6) is 11.5 Å². The van der Waals surface area contributed by atoms with Gasteiger partial charge >= 0.3 is 0 Å². The van der Waals surface area contributed by atoms with E-state index in [2.05, 4.69) is 13.8 Å². The van der Waals surface area contributed by atoms with E-state index in [1.165, 1.54) is 30.2 Å². The fourth-order valence-corrected chi connectivity index (χ4v) is 4.83. The van der Waals surface area contributed by atoms with Crippen LogP contribution in [0.15, 0.2) is 82.5 Å². The van der Waals surface area contributed by atoms with E-state index in [1.54, 1.807) is 36.4 Å². The number of furan rings is 1. The molecular weight excluding hydrogens is 494 g/mol. The molecule has 1 amide bonds. The summed E-state index contributed by atoms with van der Waals surface area (Å²) in [6.45, 7) is 4.12. The maximum Gasteiger partial charge on any atom is 0.294 e. The number of hydrogen-bond acceptors (Lipinski definition) is 6. The van der Waals surface area contributed by atoms with E-state index in [0.29, 0.717) is 33.0 Å². The van der Waals surface area contributed by atoms with E-state index in [1.807, 2.05) is 12.1 Å². The van der Waals surface area contributed by atoms with Crippen molar-refractivity contribution in [2.45, 2.75) is 25.8 Å². The van der Waals surface area contributed by atoms with Gasteiger partial charge in [-0.2, -0.15) is 0 Å². The highest BCUT2D eigenvalue weighted by Crippen LogP contribution is 2.43. The van der Waals surface area contributed by atoms with Crippen LogP contribution in [-0.2, 0) is 4.79 Å². The first-order valence-corrected chi connectivity index (χ1v) is 12.0. The number of hydrogen-bond donors (Lipinski definition) is 2. The van der Waals surface area contributed by atoms with Crippen molar-refractivity contribution in [3.8, 4) is 11.5 Å². The Bertz CT molecular complexity index is 1570. The lowest BCUT2D eigenvalue weighted by Gasteiger charge is -2.27. The molecule has 2 heterocycles. The van der Waals surface area contributed by atoms with Gasteiger partial charge in [-0.1, -0.05) is 49.7 Å². The van der Waals surface area contributed by atoms with Gasteiger partial charge in [0, 0.05) is 22.2 Å². The van der Waals surface area contributed by atoms with Crippen molar-refractivity contribution >= 4 is 39.9 Å². The Balaban J connectivity index is 1.65. The fraction of sp³-hybridized carbons (Fsp3) is 0.172.